The first-order valence-electron chi connectivity index (χ1n) is 3.81. The average Bonchev–Trinajstić information content (AvgIpc) is 1.84. The van der Waals surface area contributed by atoms with Crippen LogP contribution in [0.15, 0.2) is 0 Å². The standard InChI is InChI=1S/C8H19N/c1-6-8(4)9(5)7(2)3/h7-8H,6H2,1-5H3/t8-/m1/s1. The fraction of sp³-hybridized carbons (Fsp3) is 1.00. The van der Waals surface area contributed by atoms with E-state index in [4.69, 9.17) is 0 Å². The van der Waals surface area contributed by atoms with E-state index in [-0.39, 0.29) is 0 Å². The molecule has 0 rings (SSSR count). The molecule has 0 saturated carbocycles. The minimum Gasteiger partial charge on any atom is -0.301 e. The van der Waals surface area contributed by atoms with Crippen LogP contribution in [0.1, 0.15) is 34.1 Å². The quantitative estimate of drug-likeness (QED) is 0.564. The Kier molecular flexibility index (Phi) is 3.87. The van der Waals surface area contributed by atoms with Crippen molar-refractivity contribution >= 4 is 0 Å². The van der Waals surface area contributed by atoms with Crippen LogP contribution < -0.4 is 0 Å². The molecule has 9 heavy (non-hydrogen) atoms. The van der Waals surface area contributed by atoms with E-state index in [1.54, 1.807) is 0 Å². The van der Waals surface area contributed by atoms with E-state index < -0.39 is 0 Å². The van der Waals surface area contributed by atoms with Crippen molar-refractivity contribution in [2.75, 3.05) is 7.05 Å². The summed E-state index contributed by atoms with van der Waals surface area (Å²) in [6, 6.07) is 1.41. The summed E-state index contributed by atoms with van der Waals surface area (Å²) in [5.74, 6) is 0. The number of hydrogen-bond donors (Lipinski definition) is 0. The predicted octanol–water partition coefficient (Wildman–Crippen LogP) is 2.13. The Labute approximate surface area is 59.1 Å². The van der Waals surface area contributed by atoms with E-state index in [0.29, 0.717) is 6.04 Å². The lowest BCUT2D eigenvalue weighted by atomic mass is 10.2. The van der Waals surface area contributed by atoms with Crippen molar-refractivity contribution in [1.82, 2.24) is 4.90 Å². The molecule has 1 atom stereocenters. The van der Waals surface area contributed by atoms with E-state index >= 15 is 0 Å². The third kappa shape index (κ3) is 2.85. The first-order valence-corrected chi connectivity index (χ1v) is 3.81. The van der Waals surface area contributed by atoms with E-state index in [2.05, 4.69) is 39.6 Å². The highest BCUT2D eigenvalue weighted by atomic mass is 15.1. The zero-order valence-corrected chi connectivity index (χ0v) is 7.31. The molecule has 0 aliphatic carbocycles. The van der Waals surface area contributed by atoms with Gasteiger partial charge in [0.05, 0.1) is 0 Å². The normalized spacial score (nSPS) is 15.0. The molecule has 56 valence electrons. The van der Waals surface area contributed by atoms with Gasteiger partial charge >= 0.3 is 0 Å². The highest BCUT2D eigenvalue weighted by Crippen LogP contribution is 2.03. The summed E-state index contributed by atoms with van der Waals surface area (Å²) >= 11 is 0. The molecule has 0 aliphatic heterocycles. The lowest BCUT2D eigenvalue weighted by Crippen LogP contribution is -2.34. The highest BCUT2D eigenvalue weighted by molar-refractivity contribution is 4.63. The Morgan fingerprint density at radius 1 is 1.22 bits per heavy atom. The maximum atomic E-state index is 2.39. The lowest BCUT2D eigenvalue weighted by Gasteiger charge is -2.27. The van der Waals surface area contributed by atoms with Gasteiger partial charge in [-0.3, -0.25) is 0 Å². The molecule has 0 bridgehead atoms. The SMILES string of the molecule is CC[C@@H](C)N(C)C(C)C. The topological polar surface area (TPSA) is 3.24 Å². The van der Waals surface area contributed by atoms with Gasteiger partial charge in [-0.2, -0.15) is 0 Å². The number of nitrogens with zero attached hydrogens (tertiary/aromatic N) is 1. The van der Waals surface area contributed by atoms with Crippen LogP contribution in [0, 0.1) is 0 Å². The van der Waals surface area contributed by atoms with Crippen LogP contribution in [0.5, 0.6) is 0 Å². The molecule has 0 spiro atoms. The third-order valence-electron chi connectivity index (χ3n) is 2.10. The molecule has 0 unspecified atom stereocenters. The second-order valence-corrected chi connectivity index (χ2v) is 3.02. The molecule has 0 heterocycles. The molecule has 0 aromatic heterocycles. The van der Waals surface area contributed by atoms with Crippen molar-refractivity contribution in [2.45, 2.75) is 46.2 Å². The molecule has 0 fully saturated rings. The average molecular weight is 129 g/mol. The van der Waals surface area contributed by atoms with Gasteiger partial charge in [0.1, 0.15) is 0 Å². The van der Waals surface area contributed by atoms with Crippen LogP contribution in [0.25, 0.3) is 0 Å². The Morgan fingerprint density at radius 2 is 1.67 bits per heavy atom. The molecule has 0 N–H and O–H groups in total. The third-order valence-corrected chi connectivity index (χ3v) is 2.10. The van der Waals surface area contributed by atoms with Gasteiger partial charge in [0.2, 0.25) is 0 Å². The maximum Gasteiger partial charge on any atom is 0.00639 e. The summed E-state index contributed by atoms with van der Waals surface area (Å²) in [5.41, 5.74) is 0. The van der Waals surface area contributed by atoms with E-state index in [9.17, 15) is 0 Å². The highest BCUT2D eigenvalue weighted by Gasteiger charge is 2.08. The Bertz CT molecular complexity index is 69.0. The van der Waals surface area contributed by atoms with Crippen LogP contribution >= 0.6 is 0 Å². The van der Waals surface area contributed by atoms with Gasteiger partial charge in [-0.05, 0) is 34.2 Å². The largest absolute Gasteiger partial charge is 0.301 e. The molecule has 0 radical (unpaired) electrons. The summed E-state index contributed by atoms with van der Waals surface area (Å²) in [6.07, 6.45) is 1.24. The van der Waals surface area contributed by atoms with Gasteiger partial charge in [0, 0.05) is 12.1 Å². The van der Waals surface area contributed by atoms with Crippen LogP contribution in [0.4, 0.5) is 0 Å². The maximum absolute atomic E-state index is 2.39. The van der Waals surface area contributed by atoms with Gasteiger partial charge in [-0.1, -0.05) is 6.92 Å². The second-order valence-electron chi connectivity index (χ2n) is 3.02. The monoisotopic (exact) mass is 129 g/mol. The van der Waals surface area contributed by atoms with Gasteiger partial charge in [-0.15, -0.1) is 0 Å². The Hall–Kier alpha value is -0.0400. The van der Waals surface area contributed by atoms with Crippen molar-refractivity contribution in [1.29, 1.82) is 0 Å². The summed E-state index contributed by atoms with van der Waals surface area (Å²) in [6.45, 7) is 8.95. The molecular formula is C8H19N. The zero-order chi connectivity index (χ0) is 7.44. The Balaban J connectivity index is 3.58. The zero-order valence-electron chi connectivity index (χ0n) is 7.31. The van der Waals surface area contributed by atoms with Gasteiger partial charge in [-0.25, -0.2) is 0 Å². The van der Waals surface area contributed by atoms with Crippen molar-refractivity contribution in [3.8, 4) is 0 Å². The summed E-state index contributed by atoms with van der Waals surface area (Å²) in [5, 5.41) is 0. The van der Waals surface area contributed by atoms with Crippen LogP contribution in [-0.2, 0) is 0 Å². The first-order chi connectivity index (χ1) is 4.09. The van der Waals surface area contributed by atoms with Crippen molar-refractivity contribution < 1.29 is 0 Å². The Morgan fingerprint density at radius 3 is 1.78 bits per heavy atom. The fourth-order valence-corrected chi connectivity index (χ4v) is 0.797. The fourth-order valence-electron chi connectivity index (χ4n) is 0.797. The molecule has 0 aliphatic rings. The molecule has 1 heteroatoms. The molecule has 0 amide bonds. The van der Waals surface area contributed by atoms with E-state index in [0.717, 1.165) is 6.04 Å². The minimum absolute atomic E-state index is 0.681. The van der Waals surface area contributed by atoms with Gasteiger partial charge in [0.15, 0.2) is 0 Å². The molecule has 0 aromatic carbocycles. The minimum atomic E-state index is 0.681. The van der Waals surface area contributed by atoms with Gasteiger partial charge < -0.3 is 4.90 Å². The van der Waals surface area contributed by atoms with Crippen molar-refractivity contribution in [3.05, 3.63) is 0 Å². The molecule has 0 aromatic rings. The van der Waals surface area contributed by atoms with Crippen LogP contribution in [0.2, 0.25) is 0 Å². The smallest absolute Gasteiger partial charge is 0.00639 e. The summed E-state index contributed by atoms with van der Waals surface area (Å²) in [7, 11) is 2.18. The van der Waals surface area contributed by atoms with Crippen molar-refractivity contribution in [3.63, 3.8) is 0 Å². The predicted molar refractivity (Wildman–Crippen MR) is 42.7 cm³/mol. The van der Waals surface area contributed by atoms with E-state index in [1.165, 1.54) is 6.42 Å². The summed E-state index contributed by atoms with van der Waals surface area (Å²) < 4.78 is 0. The number of hydrogen-bond acceptors (Lipinski definition) is 1. The lowest BCUT2D eigenvalue weighted by molar-refractivity contribution is 0.204. The summed E-state index contributed by atoms with van der Waals surface area (Å²) in [4.78, 5) is 2.39. The van der Waals surface area contributed by atoms with Crippen LogP contribution in [0.3, 0.4) is 0 Å². The van der Waals surface area contributed by atoms with Crippen molar-refractivity contribution in [2.24, 2.45) is 0 Å². The van der Waals surface area contributed by atoms with Crippen LogP contribution in [-0.4, -0.2) is 24.0 Å². The number of rotatable bonds is 3. The second kappa shape index (κ2) is 3.89. The molecular weight excluding hydrogens is 110 g/mol. The van der Waals surface area contributed by atoms with Gasteiger partial charge in [0.25, 0.3) is 0 Å². The first kappa shape index (κ1) is 8.96. The molecule has 0 saturated heterocycles. The van der Waals surface area contributed by atoms with E-state index in [1.807, 2.05) is 0 Å². The molecule has 1 nitrogen and oxygen atoms in total.